The molecule has 1 aromatic heterocycles. The average Bonchev–Trinajstić information content (AvgIpc) is 2.99. The monoisotopic (exact) mass is 221 g/mol. The SMILES string of the molecule is COC1CC1n1cccc(CC(C)C)c1=O. The van der Waals surface area contributed by atoms with Gasteiger partial charge in [-0.2, -0.15) is 0 Å². The number of nitrogens with zero attached hydrogens (tertiary/aromatic N) is 1. The minimum atomic E-state index is 0.153. The fourth-order valence-corrected chi connectivity index (χ4v) is 2.12. The van der Waals surface area contributed by atoms with Crippen LogP contribution in [0.3, 0.4) is 0 Å². The third-order valence-electron chi connectivity index (χ3n) is 3.04. The van der Waals surface area contributed by atoms with E-state index in [2.05, 4.69) is 13.8 Å². The van der Waals surface area contributed by atoms with Crippen LogP contribution in [-0.4, -0.2) is 17.8 Å². The number of pyridine rings is 1. The quantitative estimate of drug-likeness (QED) is 0.778. The third kappa shape index (κ3) is 2.19. The molecule has 0 aliphatic heterocycles. The Morgan fingerprint density at radius 2 is 2.31 bits per heavy atom. The minimum absolute atomic E-state index is 0.153. The van der Waals surface area contributed by atoms with Gasteiger partial charge in [0.15, 0.2) is 0 Å². The summed E-state index contributed by atoms with van der Waals surface area (Å²) in [5, 5.41) is 0. The first-order valence-corrected chi connectivity index (χ1v) is 5.86. The highest BCUT2D eigenvalue weighted by Crippen LogP contribution is 2.37. The van der Waals surface area contributed by atoms with Crippen molar-refractivity contribution in [1.29, 1.82) is 0 Å². The number of hydrogen-bond donors (Lipinski definition) is 0. The van der Waals surface area contributed by atoms with Crippen molar-refractivity contribution < 1.29 is 4.74 Å². The number of hydrogen-bond acceptors (Lipinski definition) is 2. The maximum Gasteiger partial charge on any atom is 0.254 e. The first kappa shape index (κ1) is 11.4. The summed E-state index contributed by atoms with van der Waals surface area (Å²) in [6.07, 6.45) is 3.91. The third-order valence-corrected chi connectivity index (χ3v) is 3.04. The highest BCUT2D eigenvalue weighted by molar-refractivity contribution is 5.13. The van der Waals surface area contributed by atoms with Gasteiger partial charge in [0.05, 0.1) is 12.1 Å². The molecular weight excluding hydrogens is 202 g/mol. The Balaban J connectivity index is 2.24. The van der Waals surface area contributed by atoms with E-state index in [0.29, 0.717) is 5.92 Å². The molecule has 0 N–H and O–H groups in total. The van der Waals surface area contributed by atoms with Crippen LogP contribution in [0.4, 0.5) is 0 Å². The van der Waals surface area contributed by atoms with Crippen molar-refractivity contribution in [3.05, 3.63) is 34.2 Å². The zero-order chi connectivity index (χ0) is 11.7. The van der Waals surface area contributed by atoms with Gasteiger partial charge in [-0.3, -0.25) is 4.79 Å². The second-order valence-electron chi connectivity index (χ2n) is 4.92. The molecule has 16 heavy (non-hydrogen) atoms. The predicted octanol–water partition coefficient (Wildman–Crippen LogP) is 2.01. The molecule has 1 heterocycles. The summed E-state index contributed by atoms with van der Waals surface area (Å²) in [5.74, 6) is 0.515. The van der Waals surface area contributed by atoms with Crippen LogP contribution in [0.25, 0.3) is 0 Å². The molecule has 0 aromatic carbocycles. The van der Waals surface area contributed by atoms with Gasteiger partial charge in [0, 0.05) is 18.9 Å². The molecule has 0 radical (unpaired) electrons. The molecule has 88 valence electrons. The molecule has 1 saturated carbocycles. The summed E-state index contributed by atoms with van der Waals surface area (Å²) in [4.78, 5) is 12.2. The number of methoxy groups -OCH3 is 1. The van der Waals surface area contributed by atoms with Crippen LogP contribution >= 0.6 is 0 Å². The Morgan fingerprint density at radius 3 is 2.88 bits per heavy atom. The van der Waals surface area contributed by atoms with Gasteiger partial charge in [-0.1, -0.05) is 19.9 Å². The summed E-state index contributed by atoms with van der Waals surface area (Å²) in [6.45, 7) is 4.26. The van der Waals surface area contributed by atoms with E-state index < -0.39 is 0 Å². The first-order chi connectivity index (χ1) is 7.63. The van der Waals surface area contributed by atoms with Crippen molar-refractivity contribution in [2.45, 2.75) is 38.8 Å². The van der Waals surface area contributed by atoms with E-state index in [4.69, 9.17) is 4.74 Å². The molecule has 2 atom stereocenters. The Labute approximate surface area is 96.0 Å². The van der Waals surface area contributed by atoms with E-state index >= 15 is 0 Å². The second kappa shape index (κ2) is 4.42. The van der Waals surface area contributed by atoms with Crippen LogP contribution in [0.1, 0.15) is 31.9 Å². The summed E-state index contributed by atoms with van der Waals surface area (Å²) in [6, 6.07) is 4.15. The average molecular weight is 221 g/mol. The van der Waals surface area contributed by atoms with E-state index in [1.54, 1.807) is 7.11 Å². The summed E-state index contributed by atoms with van der Waals surface area (Å²) >= 11 is 0. The number of aromatic nitrogens is 1. The molecule has 0 amide bonds. The molecule has 0 saturated heterocycles. The van der Waals surface area contributed by atoms with Gasteiger partial charge in [-0.15, -0.1) is 0 Å². The maximum absolute atomic E-state index is 12.2. The van der Waals surface area contributed by atoms with E-state index in [1.807, 2.05) is 22.9 Å². The Morgan fingerprint density at radius 1 is 1.56 bits per heavy atom. The fraction of sp³-hybridized carbons (Fsp3) is 0.615. The van der Waals surface area contributed by atoms with Crippen LogP contribution in [0.2, 0.25) is 0 Å². The van der Waals surface area contributed by atoms with Crippen LogP contribution < -0.4 is 5.56 Å². The topological polar surface area (TPSA) is 31.2 Å². The molecule has 3 heteroatoms. The largest absolute Gasteiger partial charge is 0.379 e. The van der Waals surface area contributed by atoms with Gasteiger partial charge in [0.2, 0.25) is 0 Å². The normalized spacial score (nSPS) is 23.8. The van der Waals surface area contributed by atoms with Crippen molar-refractivity contribution in [2.75, 3.05) is 7.11 Å². The van der Waals surface area contributed by atoms with Crippen molar-refractivity contribution >= 4 is 0 Å². The van der Waals surface area contributed by atoms with Gasteiger partial charge in [0.25, 0.3) is 5.56 Å². The van der Waals surface area contributed by atoms with Gasteiger partial charge in [0.1, 0.15) is 0 Å². The second-order valence-corrected chi connectivity index (χ2v) is 4.92. The summed E-state index contributed by atoms with van der Waals surface area (Å²) < 4.78 is 7.07. The summed E-state index contributed by atoms with van der Waals surface area (Å²) in [5.41, 5.74) is 1.07. The summed E-state index contributed by atoms with van der Waals surface area (Å²) in [7, 11) is 1.70. The zero-order valence-electron chi connectivity index (χ0n) is 10.1. The molecule has 1 fully saturated rings. The van der Waals surface area contributed by atoms with Crippen molar-refractivity contribution in [1.82, 2.24) is 4.57 Å². The highest BCUT2D eigenvalue weighted by atomic mass is 16.5. The van der Waals surface area contributed by atoms with Crippen LogP contribution in [0.5, 0.6) is 0 Å². The Bertz CT molecular complexity index is 422. The standard InChI is InChI=1S/C13H19NO2/c1-9(2)7-10-5-4-6-14(13(10)15)11-8-12(11)16-3/h4-6,9,11-12H,7-8H2,1-3H3. The molecule has 0 spiro atoms. The lowest BCUT2D eigenvalue weighted by atomic mass is 10.0. The minimum Gasteiger partial charge on any atom is -0.379 e. The predicted molar refractivity (Wildman–Crippen MR) is 63.7 cm³/mol. The lowest BCUT2D eigenvalue weighted by Gasteiger charge is -2.08. The number of rotatable bonds is 4. The van der Waals surface area contributed by atoms with Gasteiger partial charge >= 0.3 is 0 Å². The van der Waals surface area contributed by atoms with Crippen LogP contribution in [0.15, 0.2) is 23.1 Å². The lowest BCUT2D eigenvalue weighted by Crippen LogP contribution is -2.24. The molecule has 2 rings (SSSR count). The molecule has 2 unspecified atom stereocenters. The van der Waals surface area contributed by atoms with Crippen molar-refractivity contribution in [2.24, 2.45) is 5.92 Å². The molecule has 1 aliphatic rings. The Hall–Kier alpha value is -1.09. The van der Waals surface area contributed by atoms with Crippen LogP contribution in [0, 0.1) is 5.92 Å². The molecular formula is C13H19NO2. The molecule has 0 bridgehead atoms. The Kier molecular flexibility index (Phi) is 3.15. The highest BCUT2D eigenvalue weighted by Gasteiger charge is 2.39. The van der Waals surface area contributed by atoms with E-state index in [9.17, 15) is 4.79 Å². The van der Waals surface area contributed by atoms with Gasteiger partial charge < -0.3 is 9.30 Å². The van der Waals surface area contributed by atoms with E-state index in [0.717, 1.165) is 18.4 Å². The zero-order valence-corrected chi connectivity index (χ0v) is 10.1. The van der Waals surface area contributed by atoms with E-state index in [1.165, 1.54) is 0 Å². The van der Waals surface area contributed by atoms with Gasteiger partial charge in [-0.25, -0.2) is 0 Å². The van der Waals surface area contributed by atoms with E-state index in [-0.39, 0.29) is 17.7 Å². The van der Waals surface area contributed by atoms with Crippen molar-refractivity contribution in [3.8, 4) is 0 Å². The first-order valence-electron chi connectivity index (χ1n) is 5.86. The van der Waals surface area contributed by atoms with Crippen LogP contribution in [-0.2, 0) is 11.2 Å². The molecule has 1 aliphatic carbocycles. The molecule has 1 aromatic rings. The lowest BCUT2D eigenvalue weighted by molar-refractivity contribution is 0.169. The maximum atomic E-state index is 12.2. The van der Waals surface area contributed by atoms with Gasteiger partial charge in [-0.05, 0) is 24.8 Å². The molecule has 3 nitrogen and oxygen atoms in total. The number of ether oxygens (including phenoxy) is 1. The fourth-order valence-electron chi connectivity index (χ4n) is 2.12. The smallest absolute Gasteiger partial charge is 0.254 e. The van der Waals surface area contributed by atoms with Crippen molar-refractivity contribution in [3.63, 3.8) is 0 Å².